The standard InChI is InChI=1S/C22H28N2O4S/c1-15-10-12-16(13-11-15)18-19(29(26,27)17-8-6-5-7-9-17)22(18,14-23)24-20(25)28-21(2,3)4/h5-13,18-19H,14,23H2,1-4H3,(H,24,25)/t18-,19-,22+/m1/s1. The summed E-state index contributed by atoms with van der Waals surface area (Å²) < 4.78 is 32.3. The molecule has 29 heavy (non-hydrogen) atoms. The summed E-state index contributed by atoms with van der Waals surface area (Å²) in [5.41, 5.74) is 6.12. The number of alkyl carbamates (subject to hydrolysis) is 1. The molecule has 0 saturated heterocycles. The largest absolute Gasteiger partial charge is 0.444 e. The highest BCUT2D eigenvalue weighted by Gasteiger charge is 2.71. The maximum absolute atomic E-state index is 13.4. The lowest BCUT2D eigenvalue weighted by Gasteiger charge is -2.24. The van der Waals surface area contributed by atoms with Crippen LogP contribution in [-0.2, 0) is 14.6 Å². The Morgan fingerprint density at radius 1 is 1.10 bits per heavy atom. The Morgan fingerprint density at radius 2 is 1.69 bits per heavy atom. The number of amides is 1. The molecule has 3 rings (SSSR count). The van der Waals surface area contributed by atoms with Gasteiger partial charge in [0, 0.05) is 12.5 Å². The van der Waals surface area contributed by atoms with E-state index in [2.05, 4.69) is 5.32 Å². The molecule has 3 N–H and O–H groups in total. The van der Waals surface area contributed by atoms with E-state index in [-0.39, 0.29) is 11.4 Å². The number of rotatable bonds is 5. The van der Waals surface area contributed by atoms with Crippen LogP contribution in [0.15, 0.2) is 59.5 Å². The maximum atomic E-state index is 13.4. The SMILES string of the molecule is Cc1ccc([C@@H]2[C@@H](S(=O)(=O)c3ccccc3)[C@@]2(CN)NC(=O)OC(C)(C)C)cc1. The molecule has 1 aliphatic carbocycles. The van der Waals surface area contributed by atoms with Gasteiger partial charge in [0.15, 0.2) is 9.84 Å². The first kappa shape index (κ1) is 21.3. The van der Waals surface area contributed by atoms with Gasteiger partial charge in [-0.1, -0.05) is 48.0 Å². The fourth-order valence-electron chi connectivity index (χ4n) is 3.80. The second kappa shape index (κ2) is 7.46. The minimum absolute atomic E-state index is 0.0263. The summed E-state index contributed by atoms with van der Waals surface area (Å²) in [6, 6.07) is 15.9. The predicted molar refractivity (Wildman–Crippen MR) is 112 cm³/mol. The number of nitrogens with one attached hydrogen (secondary N) is 1. The lowest BCUT2D eigenvalue weighted by Crippen LogP contribution is -2.49. The van der Waals surface area contributed by atoms with Gasteiger partial charge < -0.3 is 15.8 Å². The highest BCUT2D eigenvalue weighted by molar-refractivity contribution is 7.92. The van der Waals surface area contributed by atoms with Crippen LogP contribution in [0, 0.1) is 6.92 Å². The molecule has 1 aliphatic rings. The van der Waals surface area contributed by atoms with Crippen molar-refractivity contribution in [3.05, 3.63) is 65.7 Å². The fraction of sp³-hybridized carbons (Fsp3) is 0.409. The molecule has 0 radical (unpaired) electrons. The van der Waals surface area contributed by atoms with Gasteiger partial charge in [0.2, 0.25) is 0 Å². The molecule has 2 aromatic carbocycles. The molecule has 1 fully saturated rings. The quantitative estimate of drug-likeness (QED) is 0.780. The van der Waals surface area contributed by atoms with E-state index in [9.17, 15) is 13.2 Å². The molecule has 0 heterocycles. The van der Waals surface area contributed by atoms with E-state index in [4.69, 9.17) is 10.5 Å². The third-order valence-electron chi connectivity index (χ3n) is 5.17. The van der Waals surface area contributed by atoms with Crippen molar-refractivity contribution in [2.24, 2.45) is 5.73 Å². The molecule has 7 heteroatoms. The van der Waals surface area contributed by atoms with Gasteiger partial charge in [-0.2, -0.15) is 0 Å². The topological polar surface area (TPSA) is 98.5 Å². The molecular formula is C22H28N2O4S. The van der Waals surface area contributed by atoms with Crippen molar-refractivity contribution in [1.82, 2.24) is 5.32 Å². The minimum atomic E-state index is -3.73. The molecule has 6 nitrogen and oxygen atoms in total. The van der Waals surface area contributed by atoms with E-state index in [1.807, 2.05) is 31.2 Å². The van der Waals surface area contributed by atoms with Crippen molar-refractivity contribution in [2.75, 3.05) is 6.54 Å². The number of carbonyl (C=O) groups is 1. The summed E-state index contributed by atoms with van der Waals surface area (Å²) in [5, 5.41) is 1.92. The molecule has 0 spiro atoms. The van der Waals surface area contributed by atoms with Crippen molar-refractivity contribution < 1.29 is 17.9 Å². The van der Waals surface area contributed by atoms with Crippen LogP contribution in [0.25, 0.3) is 0 Å². The van der Waals surface area contributed by atoms with Crippen LogP contribution in [0.1, 0.15) is 37.8 Å². The highest BCUT2D eigenvalue weighted by atomic mass is 32.2. The average molecular weight is 417 g/mol. The molecule has 0 aromatic heterocycles. The number of hydrogen-bond acceptors (Lipinski definition) is 5. The van der Waals surface area contributed by atoms with Gasteiger partial charge in [-0.05, 0) is 45.4 Å². The minimum Gasteiger partial charge on any atom is -0.444 e. The van der Waals surface area contributed by atoms with Crippen LogP contribution in [0.3, 0.4) is 0 Å². The van der Waals surface area contributed by atoms with Gasteiger partial charge in [0.05, 0.1) is 10.4 Å². The summed E-state index contributed by atoms with van der Waals surface area (Å²) in [6.07, 6.45) is -0.675. The Kier molecular flexibility index (Phi) is 5.49. The molecular weight excluding hydrogens is 388 g/mol. The molecule has 0 aliphatic heterocycles. The molecule has 3 atom stereocenters. The van der Waals surface area contributed by atoms with Crippen LogP contribution in [0.2, 0.25) is 0 Å². The number of nitrogens with two attached hydrogens (primary N) is 1. The number of aryl methyl sites for hydroxylation is 1. The highest BCUT2D eigenvalue weighted by Crippen LogP contribution is 2.56. The van der Waals surface area contributed by atoms with Crippen LogP contribution in [0.5, 0.6) is 0 Å². The Labute approximate surface area is 172 Å². The Morgan fingerprint density at radius 3 is 2.21 bits per heavy atom. The van der Waals surface area contributed by atoms with Crippen molar-refractivity contribution in [3.8, 4) is 0 Å². The van der Waals surface area contributed by atoms with Gasteiger partial charge in [0.25, 0.3) is 0 Å². The van der Waals surface area contributed by atoms with E-state index in [1.54, 1.807) is 51.1 Å². The number of hydrogen-bond donors (Lipinski definition) is 2. The molecule has 0 bridgehead atoms. The van der Waals surface area contributed by atoms with Gasteiger partial charge >= 0.3 is 6.09 Å². The summed E-state index contributed by atoms with van der Waals surface area (Å²) in [5.74, 6) is -0.467. The zero-order valence-corrected chi connectivity index (χ0v) is 18.0. The fourth-order valence-corrected chi connectivity index (χ4v) is 6.17. The number of carbonyl (C=O) groups excluding carboxylic acids is 1. The van der Waals surface area contributed by atoms with E-state index in [0.29, 0.717) is 0 Å². The van der Waals surface area contributed by atoms with Gasteiger partial charge in [-0.15, -0.1) is 0 Å². The lowest BCUT2D eigenvalue weighted by molar-refractivity contribution is 0.0497. The van der Waals surface area contributed by atoms with E-state index >= 15 is 0 Å². The first-order chi connectivity index (χ1) is 13.5. The monoisotopic (exact) mass is 416 g/mol. The molecule has 1 saturated carbocycles. The van der Waals surface area contributed by atoms with Crippen LogP contribution in [0.4, 0.5) is 4.79 Å². The molecule has 2 aromatic rings. The first-order valence-electron chi connectivity index (χ1n) is 9.58. The van der Waals surface area contributed by atoms with E-state index in [0.717, 1.165) is 11.1 Å². The number of ether oxygens (including phenoxy) is 1. The molecule has 156 valence electrons. The Bertz CT molecular complexity index is 982. The van der Waals surface area contributed by atoms with Crippen LogP contribution >= 0.6 is 0 Å². The lowest BCUT2D eigenvalue weighted by atomic mass is 10.0. The number of benzene rings is 2. The summed E-state index contributed by atoms with van der Waals surface area (Å²) >= 11 is 0. The Hall–Kier alpha value is -2.38. The summed E-state index contributed by atoms with van der Waals surface area (Å²) in [4.78, 5) is 12.7. The zero-order chi connectivity index (χ0) is 21.4. The van der Waals surface area contributed by atoms with Gasteiger partial charge in [0.1, 0.15) is 10.9 Å². The zero-order valence-electron chi connectivity index (χ0n) is 17.2. The predicted octanol–water partition coefficient (Wildman–Crippen LogP) is 3.16. The van der Waals surface area contributed by atoms with E-state index in [1.165, 1.54) is 0 Å². The molecule has 0 unspecified atom stereocenters. The van der Waals surface area contributed by atoms with Crippen molar-refractivity contribution in [3.63, 3.8) is 0 Å². The third-order valence-corrected chi connectivity index (χ3v) is 7.46. The van der Waals surface area contributed by atoms with Crippen molar-refractivity contribution in [2.45, 2.75) is 54.9 Å². The second-order valence-corrected chi connectivity index (χ2v) is 10.6. The van der Waals surface area contributed by atoms with Crippen LogP contribution < -0.4 is 11.1 Å². The van der Waals surface area contributed by atoms with Crippen molar-refractivity contribution >= 4 is 15.9 Å². The summed E-state index contributed by atoms with van der Waals surface area (Å²) in [7, 11) is -3.73. The number of sulfone groups is 1. The summed E-state index contributed by atoms with van der Waals surface area (Å²) in [6.45, 7) is 7.20. The third kappa shape index (κ3) is 4.16. The normalized spacial score (nSPS) is 24.0. The van der Waals surface area contributed by atoms with Gasteiger partial charge in [-0.25, -0.2) is 13.2 Å². The van der Waals surface area contributed by atoms with E-state index < -0.39 is 38.2 Å². The average Bonchev–Trinajstić information content (AvgIpc) is 3.31. The maximum Gasteiger partial charge on any atom is 0.408 e. The Balaban J connectivity index is 2.03. The van der Waals surface area contributed by atoms with Crippen molar-refractivity contribution in [1.29, 1.82) is 0 Å². The smallest absolute Gasteiger partial charge is 0.408 e. The first-order valence-corrected chi connectivity index (χ1v) is 11.1. The molecule has 1 amide bonds. The van der Waals surface area contributed by atoms with Gasteiger partial charge in [-0.3, -0.25) is 0 Å². The second-order valence-electron chi connectivity index (χ2n) is 8.54. The van der Waals surface area contributed by atoms with Crippen LogP contribution in [-0.4, -0.2) is 37.4 Å².